The number of aromatic nitrogens is 1. The number of aliphatic hydroxyl groups is 1. The van der Waals surface area contributed by atoms with Crippen molar-refractivity contribution in [3.63, 3.8) is 0 Å². The molecule has 0 amide bonds. The van der Waals surface area contributed by atoms with Gasteiger partial charge in [0.25, 0.3) is 0 Å². The minimum Gasteiger partial charge on any atom is -0.489 e. The van der Waals surface area contributed by atoms with E-state index in [2.05, 4.69) is 4.98 Å². The first-order valence-corrected chi connectivity index (χ1v) is 9.15. The van der Waals surface area contributed by atoms with Crippen molar-refractivity contribution in [2.45, 2.75) is 79.5 Å². The van der Waals surface area contributed by atoms with Crippen molar-refractivity contribution in [1.29, 1.82) is 0 Å². The second-order valence-electron chi connectivity index (χ2n) is 4.86. The van der Waals surface area contributed by atoms with Gasteiger partial charge in [0.05, 0.1) is 12.3 Å². The van der Waals surface area contributed by atoms with Crippen molar-refractivity contribution in [2.24, 2.45) is 0 Å². The zero-order valence-electron chi connectivity index (χ0n) is 16.4. The summed E-state index contributed by atoms with van der Waals surface area (Å²) in [5.41, 5.74) is -0.350. The maximum atomic E-state index is 12.5. The fourth-order valence-corrected chi connectivity index (χ4v) is 2.27. The lowest BCUT2D eigenvalue weighted by Crippen LogP contribution is -2.24. The van der Waals surface area contributed by atoms with Gasteiger partial charge in [0.1, 0.15) is 0 Å². The third-order valence-corrected chi connectivity index (χ3v) is 3.76. The number of aliphatic hydroxyl groups excluding tert-OH is 1. The summed E-state index contributed by atoms with van der Waals surface area (Å²) in [6.45, 7) is 16.1. The molecular formula is C18H31ClF3NO2. The van der Waals surface area contributed by atoms with Gasteiger partial charge >= 0.3 is 6.18 Å². The highest BCUT2D eigenvalue weighted by molar-refractivity contribution is 6.31. The highest BCUT2D eigenvalue weighted by Gasteiger charge is 2.43. The van der Waals surface area contributed by atoms with Crippen LogP contribution in [0.4, 0.5) is 13.2 Å². The maximum absolute atomic E-state index is 12.5. The second kappa shape index (κ2) is 11.6. The first-order valence-electron chi connectivity index (χ1n) is 8.77. The molecule has 0 fully saturated rings. The molecule has 0 bridgehead atoms. The molecule has 0 aliphatic carbocycles. The first-order chi connectivity index (χ1) is 11.7. The van der Waals surface area contributed by atoms with Crippen molar-refractivity contribution >= 4 is 11.6 Å². The number of hydrogen-bond acceptors (Lipinski definition) is 3. The summed E-state index contributed by atoms with van der Waals surface area (Å²) < 4.78 is 43.0. The fraction of sp³-hybridized carbons (Fsp3) is 0.722. The largest absolute Gasteiger partial charge is 0.489 e. The summed E-state index contributed by atoms with van der Waals surface area (Å²) in [6.07, 6.45) is -6.73. The number of fused-ring (bicyclic) bond motifs is 1. The number of ether oxygens (including phenoxy) is 1. The van der Waals surface area contributed by atoms with Gasteiger partial charge in [-0.25, -0.2) is 4.98 Å². The Hall–Kier alpha value is -1.01. The van der Waals surface area contributed by atoms with Crippen LogP contribution in [0, 0.1) is 0 Å². The van der Waals surface area contributed by atoms with E-state index >= 15 is 0 Å². The van der Waals surface area contributed by atoms with Crippen LogP contribution in [0.3, 0.4) is 0 Å². The number of alkyl halides is 3. The van der Waals surface area contributed by atoms with E-state index in [0.29, 0.717) is 24.3 Å². The van der Waals surface area contributed by atoms with E-state index in [9.17, 15) is 18.3 Å². The Morgan fingerprint density at radius 1 is 1.24 bits per heavy atom. The summed E-state index contributed by atoms with van der Waals surface area (Å²) >= 11 is 5.84. The predicted molar refractivity (Wildman–Crippen MR) is 97.4 cm³/mol. The number of halogens is 4. The van der Waals surface area contributed by atoms with Crippen molar-refractivity contribution in [2.75, 3.05) is 6.61 Å². The van der Waals surface area contributed by atoms with Crippen molar-refractivity contribution in [3.8, 4) is 5.75 Å². The van der Waals surface area contributed by atoms with E-state index in [1.807, 2.05) is 55.4 Å². The smallest absolute Gasteiger partial charge is 0.420 e. The molecule has 1 aromatic heterocycles. The van der Waals surface area contributed by atoms with E-state index in [0.717, 1.165) is 0 Å². The second-order valence-corrected chi connectivity index (χ2v) is 5.22. The van der Waals surface area contributed by atoms with Gasteiger partial charge in [-0.15, -0.1) is 0 Å². The van der Waals surface area contributed by atoms with Crippen LogP contribution in [0.1, 0.15) is 79.2 Å². The van der Waals surface area contributed by atoms with Gasteiger partial charge in [-0.3, -0.25) is 0 Å². The summed E-state index contributed by atoms with van der Waals surface area (Å²) in [6, 6.07) is 1.23. The van der Waals surface area contributed by atoms with Gasteiger partial charge in [-0.2, -0.15) is 13.2 Å². The normalized spacial score (nSPS) is 18.9. The van der Waals surface area contributed by atoms with Crippen molar-refractivity contribution in [3.05, 3.63) is 22.5 Å². The molecule has 2 heterocycles. The molecule has 2 atom stereocenters. The summed E-state index contributed by atoms with van der Waals surface area (Å²) in [7, 11) is 0. The molecule has 0 aromatic carbocycles. The lowest BCUT2D eigenvalue weighted by molar-refractivity contribution is -0.208. The SMILES string of the molecule is CC.CC.CC.CCC1(C)COc2c1cc(C(O)C(F)(F)F)nc2Cl. The molecule has 1 aliphatic rings. The molecule has 2 rings (SSSR count). The molecule has 148 valence electrons. The van der Waals surface area contributed by atoms with Crippen LogP contribution in [0.2, 0.25) is 5.15 Å². The Bertz CT molecular complexity index is 510. The van der Waals surface area contributed by atoms with Gasteiger partial charge in [0.2, 0.25) is 0 Å². The van der Waals surface area contributed by atoms with Crippen LogP contribution in [-0.4, -0.2) is 22.9 Å². The molecule has 0 radical (unpaired) electrons. The molecule has 3 nitrogen and oxygen atoms in total. The van der Waals surface area contributed by atoms with Crippen molar-refractivity contribution < 1.29 is 23.0 Å². The standard InChI is InChI=1S/C12H13ClF3NO2.3C2H6/c1-3-11(2)5-19-8-6(11)4-7(17-10(8)13)9(18)12(14,15)16;3*1-2/h4,9,18H,3,5H2,1-2H3;3*1-2H3. The molecule has 2 unspecified atom stereocenters. The Morgan fingerprint density at radius 2 is 1.72 bits per heavy atom. The predicted octanol–water partition coefficient (Wildman–Crippen LogP) is 6.47. The Labute approximate surface area is 154 Å². The number of pyridine rings is 1. The Kier molecular flexibility index (Phi) is 12.1. The Morgan fingerprint density at radius 3 is 2.12 bits per heavy atom. The zero-order chi connectivity index (χ0) is 20.4. The third kappa shape index (κ3) is 6.33. The summed E-state index contributed by atoms with van der Waals surface area (Å²) in [5.74, 6) is 0.309. The number of hydrogen-bond donors (Lipinski definition) is 1. The number of nitrogens with zero attached hydrogens (tertiary/aromatic N) is 1. The van der Waals surface area contributed by atoms with Gasteiger partial charge in [-0.05, 0) is 12.5 Å². The van der Waals surface area contributed by atoms with E-state index in [-0.39, 0.29) is 5.15 Å². The third-order valence-electron chi connectivity index (χ3n) is 3.51. The fourth-order valence-electron chi connectivity index (χ4n) is 2.02. The lowest BCUT2D eigenvalue weighted by Gasteiger charge is -2.21. The van der Waals surface area contributed by atoms with E-state index in [1.165, 1.54) is 6.07 Å². The highest BCUT2D eigenvalue weighted by Crippen LogP contribution is 2.46. The minimum absolute atomic E-state index is 0.145. The quantitative estimate of drug-likeness (QED) is 0.593. The van der Waals surface area contributed by atoms with Gasteiger partial charge in [0.15, 0.2) is 17.0 Å². The molecule has 0 saturated heterocycles. The van der Waals surface area contributed by atoms with E-state index in [4.69, 9.17) is 16.3 Å². The van der Waals surface area contributed by atoms with Crippen molar-refractivity contribution in [1.82, 2.24) is 4.98 Å². The molecule has 0 saturated carbocycles. The highest BCUT2D eigenvalue weighted by atomic mass is 35.5. The summed E-state index contributed by atoms with van der Waals surface area (Å²) in [4.78, 5) is 3.58. The van der Waals surface area contributed by atoms with E-state index in [1.54, 1.807) is 0 Å². The van der Waals surface area contributed by atoms with Crippen LogP contribution in [-0.2, 0) is 5.41 Å². The van der Waals surface area contributed by atoms with Crippen LogP contribution in [0.15, 0.2) is 6.07 Å². The maximum Gasteiger partial charge on any atom is 0.420 e. The molecular weight excluding hydrogens is 355 g/mol. The molecule has 1 aliphatic heterocycles. The molecule has 25 heavy (non-hydrogen) atoms. The molecule has 0 spiro atoms. The van der Waals surface area contributed by atoms with Gasteiger partial charge in [-0.1, -0.05) is 67.0 Å². The van der Waals surface area contributed by atoms with E-state index < -0.39 is 23.4 Å². The number of rotatable bonds is 2. The average molecular weight is 386 g/mol. The minimum atomic E-state index is -4.77. The lowest BCUT2D eigenvalue weighted by atomic mass is 9.82. The van der Waals surface area contributed by atoms with Crippen LogP contribution in [0.25, 0.3) is 0 Å². The van der Waals surface area contributed by atoms with Gasteiger partial charge in [0, 0.05) is 11.0 Å². The molecule has 1 N–H and O–H groups in total. The van der Waals surface area contributed by atoms with Crippen LogP contribution in [0.5, 0.6) is 5.75 Å². The first kappa shape index (κ1) is 26.2. The van der Waals surface area contributed by atoms with Gasteiger partial charge < -0.3 is 9.84 Å². The zero-order valence-corrected chi connectivity index (χ0v) is 17.1. The molecule has 1 aromatic rings. The monoisotopic (exact) mass is 385 g/mol. The van der Waals surface area contributed by atoms with Crippen LogP contribution >= 0.6 is 11.6 Å². The topological polar surface area (TPSA) is 42.4 Å². The average Bonchev–Trinajstić information content (AvgIpc) is 2.97. The Balaban J connectivity index is 0. The molecule has 7 heteroatoms. The summed E-state index contributed by atoms with van der Waals surface area (Å²) in [5, 5.41) is 9.12. The van der Waals surface area contributed by atoms with Crippen LogP contribution < -0.4 is 4.74 Å².